The lowest BCUT2D eigenvalue weighted by molar-refractivity contribution is -0.0295. The number of ether oxygens (including phenoxy) is 1. The molecule has 0 saturated heterocycles. The lowest BCUT2D eigenvalue weighted by Gasteiger charge is -2.50. The molecule has 1 nitrogen and oxygen atoms in total. The van der Waals surface area contributed by atoms with E-state index in [1.54, 1.807) is 0 Å². The monoisotopic (exact) mass is 266 g/mol. The van der Waals surface area contributed by atoms with Crippen LogP contribution in [0.3, 0.4) is 0 Å². The van der Waals surface area contributed by atoms with Crippen LogP contribution in [0, 0.1) is 5.41 Å². The van der Waals surface area contributed by atoms with Gasteiger partial charge in [-0.15, -0.1) is 11.6 Å². The fraction of sp³-hybridized carbons (Fsp3) is 0.625. The molecule has 2 rings (SSSR count). The van der Waals surface area contributed by atoms with Gasteiger partial charge in [0.2, 0.25) is 0 Å². The van der Waals surface area contributed by atoms with Crippen LogP contribution in [0.2, 0.25) is 0 Å². The van der Waals surface area contributed by atoms with Gasteiger partial charge in [-0.05, 0) is 30.0 Å². The zero-order valence-corrected chi connectivity index (χ0v) is 12.5. The Kier molecular flexibility index (Phi) is 3.91. The summed E-state index contributed by atoms with van der Waals surface area (Å²) < 4.78 is 6.13. The Bertz CT molecular complexity index is 415. The average molecular weight is 267 g/mol. The minimum atomic E-state index is 0.120. The Hall–Kier alpha value is -0.690. The van der Waals surface area contributed by atoms with Gasteiger partial charge < -0.3 is 4.74 Å². The van der Waals surface area contributed by atoms with Crippen molar-refractivity contribution in [1.29, 1.82) is 0 Å². The maximum absolute atomic E-state index is 6.32. The highest BCUT2D eigenvalue weighted by atomic mass is 35.5. The normalized spacial score (nSPS) is 31.2. The molecular weight excluding hydrogens is 244 g/mol. The number of alkyl halides is 1. The molecule has 0 amide bonds. The van der Waals surface area contributed by atoms with Gasteiger partial charge in [0.25, 0.3) is 0 Å². The molecule has 1 aromatic carbocycles. The van der Waals surface area contributed by atoms with Crippen LogP contribution in [0.25, 0.3) is 0 Å². The molecule has 1 aliphatic carbocycles. The van der Waals surface area contributed by atoms with E-state index in [9.17, 15) is 0 Å². The SMILES string of the molecule is CCC1(C)C(Cl)CC1Oc1cccc(C(C)C)c1. The summed E-state index contributed by atoms with van der Waals surface area (Å²) in [7, 11) is 0. The van der Waals surface area contributed by atoms with Crippen LogP contribution in [0.4, 0.5) is 0 Å². The summed E-state index contributed by atoms with van der Waals surface area (Å²) in [5.74, 6) is 1.52. The quantitative estimate of drug-likeness (QED) is 0.698. The Labute approximate surface area is 115 Å². The smallest absolute Gasteiger partial charge is 0.120 e. The third kappa shape index (κ3) is 2.38. The third-order valence-electron chi connectivity index (χ3n) is 4.44. The highest BCUT2D eigenvalue weighted by molar-refractivity contribution is 6.21. The van der Waals surface area contributed by atoms with Gasteiger partial charge in [0.1, 0.15) is 11.9 Å². The molecule has 1 saturated carbocycles. The van der Waals surface area contributed by atoms with Crippen molar-refractivity contribution in [2.24, 2.45) is 5.41 Å². The topological polar surface area (TPSA) is 9.23 Å². The van der Waals surface area contributed by atoms with Crippen molar-refractivity contribution in [1.82, 2.24) is 0 Å². The molecule has 1 fully saturated rings. The van der Waals surface area contributed by atoms with Crippen LogP contribution in [0.1, 0.15) is 52.0 Å². The summed E-state index contributed by atoms with van der Waals surface area (Å²) in [6.07, 6.45) is 2.28. The summed E-state index contributed by atoms with van der Waals surface area (Å²) >= 11 is 6.32. The highest BCUT2D eigenvalue weighted by Crippen LogP contribution is 2.49. The van der Waals surface area contributed by atoms with E-state index in [-0.39, 0.29) is 16.9 Å². The van der Waals surface area contributed by atoms with Crippen LogP contribution in [-0.2, 0) is 0 Å². The molecule has 0 N–H and O–H groups in total. The Morgan fingerprint density at radius 2 is 2.17 bits per heavy atom. The van der Waals surface area contributed by atoms with Gasteiger partial charge in [-0.2, -0.15) is 0 Å². The zero-order chi connectivity index (χ0) is 13.3. The lowest BCUT2D eigenvalue weighted by Crippen LogP contribution is -2.55. The van der Waals surface area contributed by atoms with Gasteiger partial charge in [0.15, 0.2) is 0 Å². The van der Waals surface area contributed by atoms with Crippen molar-refractivity contribution in [3.05, 3.63) is 29.8 Å². The second-order valence-corrected chi connectivity index (χ2v) is 6.42. The van der Waals surface area contributed by atoms with E-state index in [4.69, 9.17) is 16.3 Å². The second kappa shape index (κ2) is 5.13. The van der Waals surface area contributed by atoms with Crippen LogP contribution >= 0.6 is 11.6 Å². The Morgan fingerprint density at radius 1 is 1.44 bits per heavy atom. The maximum Gasteiger partial charge on any atom is 0.120 e. The summed E-state index contributed by atoms with van der Waals surface area (Å²) in [5.41, 5.74) is 1.45. The van der Waals surface area contributed by atoms with E-state index in [1.165, 1.54) is 5.56 Å². The van der Waals surface area contributed by atoms with Crippen molar-refractivity contribution in [3.63, 3.8) is 0 Å². The fourth-order valence-electron chi connectivity index (χ4n) is 2.51. The average Bonchev–Trinajstić information content (AvgIpc) is 2.37. The summed E-state index contributed by atoms with van der Waals surface area (Å²) in [4.78, 5) is 0. The molecule has 0 radical (unpaired) electrons. The largest absolute Gasteiger partial charge is 0.490 e. The molecule has 0 spiro atoms. The van der Waals surface area contributed by atoms with E-state index < -0.39 is 0 Å². The first kappa shape index (κ1) is 13.7. The molecule has 3 atom stereocenters. The van der Waals surface area contributed by atoms with E-state index in [0.717, 1.165) is 18.6 Å². The molecule has 0 bridgehead atoms. The maximum atomic E-state index is 6.32. The molecule has 100 valence electrons. The zero-order valence-electron chi connectivity index (χ0n) is 11.7. The van der Waals surface area contributed by atoms with Crippen LogP contribution in [0.5, 0.6) is 5.75 Å². The van der Waals surface area contributed by atoms with Crippen molar-refractivity contribution >= 4 is 11.6 Å². The predicted octanol–water partition coefficient (Wildman–Crippen LogP) is 4.98. The molecule has 0 aromatic heterocycles. The minimum Gasteiger partial charge on any atom is -0.490 e. The van der Waals surface area contributed by atoms with E-state index in [1.807, 2.05) is 6.07 Å². The minimum absolute atomic E-state index is 0.120. The Balaban J connectivity index is 2.09. The molecular formula is C16H23ClO. The molecule has 1 aromatic rings. The lowest BCUT2D eigenvalue weighted by atomic mass is 9.65. The number of halogens is 1. The molecule has 2 heteroatoms. The van der Waals surface area contributed by atoms with Crippen LogP contribution < -0.4 is 4.74 Å². The first-order valence-corrected chi connectivity index (χ1v) is 7.31. The van der Waals surface area contributed by atoms with Gasteiger partial charge >= 0.3 is 0 Å². The van der Waals surface area contributed by atoms with Gasteiger partial charge in [-0.3, -0.25) is 0 Å². The predicted molar refractivity (Wildman–Crippen MR) is 77.6 cm³/mol. The van der Waals surface area contributed by atoms with Crippen LogP contribution in [0.15, 0.2) is 24.3 Å². The summed E-state index contributed by atoms with van der Waals surface area (Å²) in [5, 5.41) is 0.251. The first-order chi connectivity index (χ1) is 8.47. The summed E-state index contributed by atoms with van der Waals surface area (Å²) in [6, 6.07) is 8.43. The molecule has 3 unspecified atom stereocenters. The van der Waals surface area contributed by atoms with E-state index in [2.05, 4.69) is 45.9 Å². The van der Waals surface area contributed by atoms with E-state index >= 15 is 0 Å². The van der Waals surface area contributed by atoms with Gasteiger partial charge in [-0.1, -0.05) is 39.8 Å². The number of rotatable bonds is 4. The first-order valence-electron chi connectivity index (χ1n) is 6.88. The van der Waals surface area contributed by atoms with Crippen molar-refractivity contribution in [2.75, 3.05) is 0 Å². The second-order valence-electron chi connectivity index (χ2n) is 5.90. The molecule has 1 aliphatic rings. The third-order valence-corrected chi connectivity index (χ3v) is 5.11. The number of hydrogen-bond donors (Lipinski definition) is 0. The van der Waals surface area contributed by atoms with E-state index in [0.29, 0.717) is 5.92 Å². The van der Waals surface area contributed by atoms with Gasteiger partial charge in [0.05, 0.1) is 0 Å². The van der Waals surface area contributed by atoms with Crippen molar-refractivity contribution in [2.45, 2.75) is 57.9 Å². The molecule has 0 aliphatic heterocycles. The standard InChI is InChI=1S/C16H23ClO/c1-5-16(4)14(17)10-15(16)18-13-8-6-7-12(9-13)11(2)3/h6-9,11,14-15H,5,10H2,1-4H3. The fourth-order valence-corrected chi connectivity index (χ4v) is 2.97. The van der Waals surface area contributed by atoms with Crippen molar-refractivity contribution in [3.8, 4) is 5.75 Å². The van der Waals surface area contributed by atoms with Crippen LogP contribution in [-0.4, -0.2) is 11.5 Å². The summed E-state index contributed by atoms with van der Waals surface area (Å²) in [6.45, 7) is 8.82. The molecule has 0 heterocycles. The highest BCUT2D eigenvalue weighted by Gasteiger charge is 2.51. The Morgan fingerprint density at radius 3 is 2.72 bits per heavy atom. The van der Waals surface area contributed by atoms with Gasteiger partial charge in [-0.25, -0.2) is 0 Å². The number of benzene rings is 1. The van der Waals surface area contributed by atoms with Gasteiger partial charge in [0, 0.05) is 17.2 Å². The number of hydrogen-bond acceptors (Lipinski definition) is 1. The van der Waals surface area contributed by atoms with Crippen molar-refractivity contribution < 1.29 is 4.74 Å². The molecule has 18 heavy (non-hydrogen) atoms.